The number of nitriles is 1. The average Bonchev–Trinajstić information content (AvgIpc) is 2.29. The highest BCUT2D eigenvalue weighted by atomic mass is 16.2. The maximum absolute atomic E-state index is 11.1. The molecule has 11 heavy (non-hydrogen) atoms. The Balaban J connectivity index is 2.43. The monoisotopic (exact) mass is 152 g/mol. The number of carbonyl (C=O) groups excluding carboxylic acids is 1. The first-order valence-electron chi connectivity index (χ1n) is 3.92. The van der Waals surface area contributed by atoms with Crippen LogP contribution < -0.4 is 0 Å². The molecular weight excluding hydrogens is 140 g/mol. The molecule has 1 amide bonds. The van der Waals surface area contributed by atoms with Crippen molar-refractivity contribution >= 4 is 5.91 Å². The molecule has 0 aromatic heterocycles. The van der Waals surface area contributed by atoms with Gasteiger partial charge in [-0.25, -0.2) is 0 Å². The predicted molar refractivity (Wildman–Crippen MR) is 40.6 cm³/mol. The van der Waals surface area contributed by atoms with Crippen LogP contribution in [0.2, 0.25) is 0 Å². The molecule has 0 N–H and O–H groups in total. The van der Waals surface area contributed by atoms with Crippen molar-refractivity contribution in [2.24, 2.45) is 0 Å². The van der Waals surface area contributed by atoms with Crippen molar-refractivity contribution in [3.63, 3.8) is 0 Å². The van der Waals surface area contributed by atoms with Crippen LogP contribution in [-0.2, 0) is 4.79 Å². The summed E-state index contributed by atoms with van der Waals surface area (Å²) in [5.41, 5.74) is 0. The zero-order chi connectivity index (χ0) is 8.27. The van der Waals surface area contributed by atoms with Crippen molar-refractivity contribution in [3.05, 3.63) is 0 Å². The molecule has 1 fully saturated rings. The molecule has 0 saturated carbocycles. The lowest BCUT2D eigenvalue weighted by Gasteiger charge is -2.19. The minimum Gasteiger partial charge on any atom is -0.339 e. The molecule has 0 aliphatic carbocycles. The standard InChI is InChI=1S/C8H12N2O/c1-7-3-4-8(11)10(7)6-2-5-9/h7H,2-4,6H2,1H3. The fraction of sp³-hybridized carbons (Fsp3) is 0.750. The van der Waals surface area contributed by atoms with E-state index in [0.29, 0.717) is 25.4 Å². The third-order valence-electron chi connectivity index (χ3n) is 2.09. The number of amides is 1. The normalized spacial score (nSPS) is 23.8. The predicted octanol–water partition coefficient (Wildman–Crippen LogP) is 0.911. The van der Waals surface area contributed by atoms with Gasteiger partial charge in [0.1, 0.15) is 0 Å². The van der Waals surface area contributed by atoms with Gasteiger partial charge in [0.25, 0.3) is 0 Å². The molecule has 0 aromatic rings. The fourth-order valence-corrected chi connectivity index (χ4v) is 1.39. The quantitative estimate of drug-likeness (QED) is 0.590. The van der Waals surface area contributed by atoms with Crippen molar-refractivity contribution in [2.45, 2.75) is 32.2 Å². The van der Waals surface area contributed by atoms with Gasteiger partial charge in [0, 0.05) is 19.0 Å². The van der Waals surface area contributed by atoms with Crippen LogP contribution >= 0.6 is 0 Å². The molecule has 1 heterocycles. The van der Waals surface area contributed by atoms with Gasteiger partial charge in [0.15, 0.2) is 0 Å². The van der Waals surface area contributed by atoms with Crippen LogP contribution in [0.4, 0.5) is 0 Å². The zero-order valence-corrected chi connectivity index (χ0v) is 6.71. The van der Waals surface area contributed by atoms with Gasteiger partial charge in [-0.2, -0.15) is 5.26 Å². The first-order chi connectivity index (χ1) is 5.25. The van der Waals surface area contributed by atoms with Crippen LogP contribution in [0.3, 0.4) is 0 Å². The summed E-state index contributed by atoms with van der Waals surface area (Å²) in [6.07, 6.45) is 2.06. The topological polar surface area (TPSA) is 44.1 Å². The van der Waals surface area contributed by atoms with Crippen molar-refractivity contribution in [1.82, 2.24) is 4.90 Å². The maximum Gasteiger partial charge on any atom is 0.222 e. The molecule has 1 saturated heterocycles. The SMILES string of the molecule is CC1CCC(=O)N1CCC#N. The maximum atomic E-state index is 11.1. The zero-order valence-electron chi connectivity index (χ0n) is 6.71. The van der Waals surface area contributed by atoms with E-state index in [-0.39, 0.29) is 5.91 Å². The molecule has 1 rings (SSSR count). The first kappa shape index (κ1) is 8.06. The number of carbonyl (C=O) groups is 1. The molecule has 0 aromatic carbocycles. The van der Waals surface area contributed by atoms with Crippen molar-refractivity contribution in [3.8, 4) is 6.07 Å². The lowest BCUT2D eigenvalue weighted by atomic mass is 10.2. The Bertz CT molecular complexity index is 195. The van der Waals surface area contributed by atoms with Gasteiger partial charge in [-0.05, 0) is 13.3 Å². The lowest BCUT2D eigenvalue weighted by Crippen LogP contribution is -2.31. The largest absolute Gasteiger partial charge is 0.339 e. The molecule has 3 heteroatoms. The average molecular weight is 152 g/mol. The number of hydrogen-bond donors (Lipinski definition) is 0. The highest BCUT2D eigenvalue weighted by Crippen LogP contribution is 2.17. The fourth-order valence-electron chi connectivity index (χ4n) is 1.39. The molecule has 0 spiro atoms. The number of hydrogen-bond acceptors (Lipinski definition) is 2. The Kier molecular flexibility index (Phi) is 2.48. The summed E-state index contributed by atoms with van der Waals surface area (Å²) in [4.78, 5) is 12.9. The van der Waals surface area contributed by atoms with Gasteiger partial charge in [0.2, 0.25) is 5.91 Å². The van der Waals surface area contributed by atoms with Gasteiger partial charge < -0.3 is 4.90 Å². The molecule has 1 aliphatic heterocycles. The Morgan fingerprint density at radius 3 is 3.00 bits per heavy atom. The van der Waals surface area contributed by atoms with Crippen LogP contribution in [0.1, 0.15) is 26.2 Å². The smallest absolute Gasteiger partial charge is 0.222 e. The molecule has 1 aliphatic rings. The molecule has 3 nitrogen and oxygen atoms in total. The third kappa shape index (κ3) is 1.70. The summed E-state index contributed by atoms with van der Waals surface area (Å²) in [5.74, 6) is 0.202. The van der Waals surface area contributed by atoms with E-state index in [1.54, 1.807) is 4.90 Å². The molecule has 1 unspecified atom stereocenters. The Morgan fingerprint density at radius 1 is 1.82 bits per heavy atom. The number of likely N-dealkylation sites (tertiary alicyclic amines) is 1. The van der Waals surface area contributed by atoms with E-state index in [2.05, 4.69) is 0 Å². The van der Waals surface area contributed by atoms with E-state index in [1.807, 2.05) is 13.0 Å². The van der Waals surface area contributed by atoms with Gasteiger partial charge in [-0.3, -0.25) is 4.79 Å². The second kappa shape index (κ2) is 3.38. The highest BCUT2D eigenvalue weighted by Gasteiger charge is 2.26. The first-order valence-corrected chi connectivity index (χ1v) is 3.92. The van der Waals surface area contributed by atoms with E-state index in [1.165, 1.54) is 0 Å². The summed E-state index contributed by atoms with van der Waals surface area (Å²) in [6.45, 7) is 2.64. The van der Waals surface area contributed by atoms with E-state index in [9.17, 15) is 4.79 Å². The minimum absolute atomic E-state index is 0.202. The molecular formula is C8H12N2O. The highest BCUT2D eigenvalue weighted by molar-refractivity contribution is 5.78. The van der Waals surface area contributed by atoms with Crippen molar-refractivity contribution in [2.75, 3.05) is 6.54 Å². The Morgan fingerprint density at radius 2 is 2.55 bits per heavy atom. The molecule has 0 bridgehead atoms. The third-order valence-corrected chi connectivity index (χ3v) is 2.09. The van der Waals surface area contributed by atoms with Gasteiger partial charge >= 0.3 is 0 Å². The van der Waals surface area contributed by atoms with E-state index in [0.717, 1.165) is 6.42 Å². The van der Waals surface area contributed by atoms with Crippen molar-refractivity contribution < 1.29 is 4.79 Å². The summed E-state index contributed by atoms with van der Waals surface area (Å²) in [5, 5.41) is 8.31. The summed E-state index contributed by atoms with van der Waals surface area (Å²) in [6, 6.07) is 2.39. The second-order valence-corrected chi connectivity index (χ2v) is 2.88. The van der Waals surface area contributed by atoms with Gasteiger partial charge in [-0.15, -0.1) is 0 Å². The second-order valence-electron chi connectivity index (χ2n) is 2.88. The summed E-state index contributed by atoms with van der Waals surface area (Å²) < 4.78 is 0. The Labute approximate surface area is 66.6 Å². The van der Waals surface area contributed by atoms with Crippen molar-refractivity contribution in [1.29, 1.82) is 5.26 Å². The lowest BCUT2D eigenvalue weighted by molar-refractivity contribution is -0.128. The van der Waals surface area contributed by atoms with E-state index < -0.39 is 0 Å². The van der Waals surface area contributed by atoms with Crippen LogP contribution in [0.5, 0.6) is 0 Å². The molecule has 1 atom stereocenters. The van der Waals surface area contributed by atoms with E-state index in [4.69, 9.17) is 5.26 Å². The van der Waals surface area contributed by atoms with Gasteiger partial charge in [-0.1, -0.05) is 0 Å². The van der Waals surface area contributed by atoms with Crippen LogP contribution in [-0.4, -0.2) is 23.4 Å². The van der Waals surface area contributed by atoms with E-state index >= 15 is 0 Å². The molecule has 60 valence electrons. The summed E-state index contributed by atoms with van der Waals surface area (Å²) in [7, 11) is 0. The Hall–Kier alpha value is -1.04. The van der Waals surface area contributed by atoms with Gasteiger partial charge in [0.05, 0.1) is 12.5 Å². The summed E-state index contributed by atoms with van der Waals surface area (Å²) >= 11 is 0. The molecule has 0 radical (unpaired) electrons. The number of rotatable bonds is 2. The number of nitrogens with zero attached hydrogens (tertiary/aromatic N) is 2. The van der Waals surface area contributed by atoms with Crippen LogP contribution in [0.15, 0.2) is 0 Å². The van der Waals surface area contributed by atoms with Crippen LogP contribution in [0, 0.1) is 11.3 Å². The minimum atomic E-state index is 0.202. The van der Waals surface area contributed by atoms with Crippen LogP contribution in [0.25, 0.3) is 0 Å².